The van der Waals surface area contributed by atoms with E-state index in [1.54, 1.807) is 11.8 Å². The second-order valence-electron chi connectivity index (χ2n) is 5.71. The van der Waals surface area contributed by atoms with Crippen LogP contribution < -0.4 is 20.5 Å². The van der Waals surface area contributed by atoms with Crippen LogP contribution in [0.1, 0.15) is 19.8 Å². The number of rotatable bonds is 6. The van der Waals surface area contributed by atoms with Gasteiger partial charge in [-0.1, -0.05) is 0 Å². The summed E-state index contributed by atoms with van der Waals surface area (Å²) >= 11 is 1.60. The third-order valence-corrected chi connectivity index (χ3v) is 4.99. The molecule has 1 amide bonds. The molecular weight excluding hydrogens is 288 g/mol. The van der Waals surface area contributed by atoms with Gasteiger partial charge in [-0.25, -0.2) is 0 Å². The van der Waals surface area contributed by atoms with Gasteiger partial charge in [0, 0.05) is 16.7 Å². The van der Waals surface area contributed by atoms with E-state index in [9.17, 15) is 4.79 Å². The number of fused-ring (bicyclic) bond motifs is 1. The molecule has 1 fully saturated rings. The van der Waals surface area contributed by atoms with Crippen LogP contribution >= 0.6 is 11.8 Å². The minimum atomic E-state index is -0.681. The Morgan fingerprint density at radius 2 is 2.10 bits per heavy atom. The van der Waals surface area contributed by atoms with Gasteiger partial charge in [0.05, 0.1) is 0 Å². The molecule has 0 radical (unpaired) electrons. The number of ether oxygens (including phenoxy) is 2. The maximum absolute atomic E-state index is 11.7. The summed E-state index contributed by atoms with van der Waals surface area (Å²) in [4.78, 5) is 12.8. The number of primary amides is 1. The van der Waals surface area contributed by atoms with Crippen LogP contribution in [0.25, 0.3) is 0 Å². The van der Waals surface area contributed by atoms with Crippen molar-refractivity contribution in [2.75, 3.05) is 19.0 Å². The number of amides is 1. The zero-order valence-electron chi connectivity index (χ0n) is 12.1. The molecule has 0 bridgehead atoms. The Balaban J connectivity index is 1.66. The first-order valence-corrected chi connectivity index (χ1v) is 8.15. The maximum atomic E-state index is 11.7. The molecule has 0 saturated heterocycles. The first kappa shape index (κ1) is 14.5. The quantitative estimate of drug-likeness (QED) is 0.780. The van der Waals surface area contributed by atoms with E-state index < -0.39 is 5.54 Å². The fraction of sp³-hybridized carbons (Fsp3) is 0.533. The van der Waals surface area contributed by atoms with Gasteiger partial charge in [-0.05, 0) is 38.0 Å². The Hall–Kier alpha value is -1.40. The fourth-order valence-corrected chi connectivity index (χ4v) is 3.24. The molecule has 2 aliphatic rings. The highest BCUT2D eigenvalue weighted by Crippen LogP contribution is 2.35. The molecule has 1 aliphatic heterocycles. The van der Waals surface area contributed by atoms with E-state index in [4.69, 9.17) is 15.2 Å². The zero-order valence-corrected chi connectivity index (χ0v) is 12.9. The van der Waals surface area contributed by atoms with E-state index >= 15 is 0 Å². The van der Waals surface area contributed by atoms with Gasteiger partial charge >= 0.3 is 0 Å². The van der Waals surface area contributed by atoms with Crippen LogP contribution in [0.3, 0.4) is 0 Å². The van der Waals surface area contributed by atoms with Crippen LogP contribution in [0, 0.1) is 0 Å². The van der Waals surface area contributed by atoms with E-state index in [0.717, 1.165) is 29.2 Å². The lowest BCUT2D eigenvalue weighted by Crippen LogP contribution is -2.55. The normalized spacial score (nSPS) is 19.9. The van der Waals surface area contributed by atoms with Crippen molar-refractivity contribution < 1.29 is 14.3 Å². The molecular formula is C15H20N2O3S. The molecule has 114 valence electrons. The lowest BCUT2D eigenvalue weighted by molar-refractivity contribution is -0.123. The van der Waals surface area contributed by atoms with Crippen LogP contribution in [0.5, 0.6) is 11.5 Å². The number of benzene rings is 1. The summed E-state index contributed by atoms with van der Waals surface area (Å²) in [5, 5.41) is 3.35. The number of thioether (sulfide) groups is 1. The highest BCUT2D eigenvalue weighted by molar-refractivity contribution is 7.99. The lowest BCUT2D eigenvalue weighted by atomic mass is 10.1. The first-order valence-electron chi connectivity index (χ1n) is 7.17. The fourth-order valence-electron chi connectivity index (χ4n) is 2.20. The van der Waals surface area contributed by atoms with Crippen LogP contribution in [-0.2, 0) is 4.79 Å². The summed E-state index contributed by atoms with van der Waals surface area (Å²) in [5.41, 5.74) is 4.88. The highest BCUT2D eigenvalue weighted by atomic mass is 32.2. The Bertz CT molecular complexity index is 548. The maximum Gasteiger partial charge on any atom is 0.238 e. The van der Waals surface area contributed by atoms with Crippen molar-refractivity contribution in [3.8, 4) is 11.5 Å². The van der Waals surface area contributed by atoms with Crippen molar-refractivity contribution in [2.45, 2.75) is 36.2 Å². The molecule has 0 spiro atoms. The number of carbonyl (C=O) groups is 1. The van der Waals surface area contributed by atoms with Crippen molar-refractivity contribution in [3.63, 3.8) is 0 Å². The molecule has 6 heteroatoms. The molecule has 1 aromatic rings. The van der Waals surface area contributed by atoms with Crippen LogP contribution in [0.2, 0.25) is 0 Å². The van der Waals surface area contributed by atoms with Crippen molar-refractivity contribution >= 4 is 17.7 Å². The standard InChI is InChI=1S/C15H20N2O3S/c1-15(14(16)18,17-10-2-3-10)9-21-11-4-5-12-13(8-11)20-7-6-19-12/h4-5,8,10,17H,2-3,6-7,9H2,1H3,(H2,16,18). The minimum Gasteiger partial charge on any atom is -0.486 e. The Morgan fingerprint density at radius 1 is 1.38 bits per heavy atom. The van der Waals surface area contributed by atoms with Crippen molar-refractivity contribution in [3.05, 3.63) is 18.2 Å². The second kappa shape index (κ2) is 5.77. The van der Waals surface area contributed by atoms with Gasteiger partial charge in [0.25, 0.3) is 0 Å². The summed E-state index contributed by atoms with van der Waals surface area (Å²) in [6.45, 7) is 3.03. The number of nitrogens with one attached hydrogen (secondary N) is 1. The molecule has 1 heterocycles. The molecule has 5 nitrogen and oxygen atoms in total. The van der Waals surface area contributed by atoms with Crippen molar-refractivity contribution in [1.29, 1.82) is 0 Å². The number of carbonyl (C=O) groups excluding carboxylic acids is 1. The number of hydrogen-bond donors (Lipinski definition) is 2. The largest absolute Gasteiger partial charge is 0.486 e. The first-order chi connectivity index (χ1) is 10.1. The van der Waals surface area contributed by atoms with E-state index in [1.807, 2.05) is 25.1 Å². The van der Waals surface area contributed by atoms with Gasteiger partial charge in [0.15, 0.2) is 11.5 Å². The predicted octanol–water partition coefficient (Wildman–Crippen LogP) is 1.55. The van der Waals surface area contributed by atoms with E-state index in [-0.39, 0.29) is 5.91 Å². The molecule has 1 saturated carbocycles. The molecule has 0 aromatic heterocycles. The summed E-state index contributed by atoms with van der Waals surface area (Å²) in [5.74, 6) is 1.83. The number of nitrogens with two attached hydrogens (primary N) is 1. The van der Waals surface area contributed by atoms with E-state index in [1.165, 1.54) is 0 Å². The summed E-state index contributed by atoms with van der Waals surface area (Å²) in [6, 6.07) is 6.28. The topological polar surface area (TPSA) is 73.6 Å². The molecule has 3 N–H and O–H groups in total. The third-order valence-electron chi connectivity index (χ3n) is 3.69. The molecule has 1 atom stereocenters. The molecule has 21 heavy (non-hydrogen) atoms. The third kappa shape index (κ3) is 3.44. The van der Waals surface area contributed by atoms with Gasteiger partial charge in [0.1, 0.15) is 18.8 Å². The van der Waals surface area contributed by atoms with E-state index in [2.05, 4.69) is 5.32 Å². The number of hydrogen-bond acceptors (Lipinski definition) is 5. The van der Waals surface area contributed by atoms with Crippen molar-refractivity contribution in [2.24, 2.45) is 5.73 Å². The molecule has 1 aliphatic carbocycles. The molecule has 3 rings (SSSR count). The Labute approximate surface area is 128 Å². The average Bonchev–Trinajstić information content (AvgIpc) is 3.28. The minimum absolute atomic E-state index is 0.306. The average molecular weight is 308 g/mol. The molecule has 1 aromatic carbocycles. The second-order valence-corrected chi connectivity index (χ2v) is 6.76. The van der Waals surface area contributed by atoms with Crippen molar-refractivity contribution in [1.82, 2.24) is 5.32 Å². The Kier molecular flexibility index (Phi) is 3.99. The smallest absolute Gasteiger partial charge is 0.238 e. The van der Waals surface area contributed by atoms with Crippen LogP contribution in [0.4, 0.5) is 0 Å². The monoisotopic (exact) mass is 308 g/mol. The zero-order chi connectivity index (χ0) is 14.9. The van der Waals surface area contributed by atoms with Gasteiger partial charge < -0.3 is 20.5 Å². The highest BCUT2D eigenvalue weighted by Gasteiger charge is 2.37. The Morgan fingerprint density at radius 3 is 2.76 bits per heavy atom. The van der Waals surface area contributed by atoms with Crippen LogP contribution in [0.15, 0.2) is 23.1 Å². The van der Waals surface area contributed by atoms with Gasteiger partial charge in [-0.15, -0.1) is 11.8 Å². The van der Waals surface area contributed by atoms with E-state index in [0.29, 0.717) is 25.0 Å². The predicted molar refractivity (Wildman–Crippen MR) is 81.9 cm³/mol. The van der Waals surface area contributed by atoms with Gasteiger partial charge in [0.2, 0.25) is 5.91 Å². The lowest BCUT2D eigenvalue weighted by Gasteiger charge is -2.27. The SMILES string of the molecule is CC(CSc1ccc2c(c1)OCCO2)(NC1CC1)C(N)=O. The van der Waals surface area contributed by atoms with Gasteiger partial charge in [-0.3, -0.25) is 4.79 Å². The summed E-state index contributed by atoms with van der Waals surface area (Å²) in [7, 11) is 0. The summed E-state index contributed by atoms with van der Waals surface area (Å²) in [6.07, 6.45) is 2.25. The molecule has 1 unspecified atom stereocenters. The summed E-state index contributed by atoms with van der Waals surface area (Å²) < 4.78 is 11.1. The van der Waals surface area contributed by atoms with Crippen LogP contribution in [-0.4, -0.2) is 36.5 Å². The van der Waals surface area contributed by atoms with Gasteiger partial charge in [-0.2, -0.15) is 0 Å².